The second-order valence-electron chi connectivity index (χ2n) is 2.99. The minimum atomic E-state index is -4.40. The molecule has 0 saturated carbocycles. The maximum atomic E-state index is 11.1. The van der Waals surface area contributed by atoms with Gasteiger partial charge in [0.1, 0.15) is 0 Å². The Kier molecular flexibility index (Phi) is 2.63. The monoisotopic (exact) mass is 237 g/mol. The van der Waals surface area contributed by atoms with Crippen LogP contribution in [0.4, 0.5) is 0 Å². The number of hydrogen-bond acceptors (Lipinski definition) is 5. The molecule has 1 aromatic carbocycles. The lowest BCUT2D eigenvalue weighted by molar-refractivity contribution is 0.477. The number of hydrogen-bond donors (Lipinski definition) is 1. The van der Waals surface area contributed by atoms with Crippen LogP contribution < -0.4 is 0 Å². The zero-order chi connectivity index (χ0) is 11.6. The van der Waals surface area contributed by atoms with E-state index in [4.69, 9.17) is 4.55 Å². The van der Waals surface area contributed by atoms with Crippen LogP contribution in [0, 0.1) is 0 Å². The Morgan fingerprint density at radius 1 is 1.12 bits per heavy atom. The molecule has 0 aliphatic heterocycles. The predicted molar refractivity (Wildman–Crippen MR) is 55.1 cm³/mol. The highest BCUT2D eigenvalue weighted by molar-refractivity contribution is 7.85. The van der Waals surface area contributed by atoms with Gasteiger partial charge in [0.25, 0.3) is 0 Å². The molecule has 0 fully saturated rings. The Hall–Kier alpha value is -1.86. The fraction of sp³-hybridized carbons (Fsp3) is 0. The summed E-state index contributed by atoms with van der Waals surface area (Å²) >= 11 is 0. The second kappa shape index (κ2) is 3.95. The van der Waals surface area contributed by atoms with E-state index in [0.717, 1.165) is 0 Å². The lowest BCUT2D eigenvalue weighted by Gasteiger charge is -2.03. The van der Waals surface area contributed by atoms with Crippen LogP contribution in [0.5, 0.6) is 0 Å². The molecule has 0 aliphatic carbocycles. The van der Waals surface area contributed by atoms with Crippen molar-refractivity contribution in [1.29, 1.82) is 0 Å². The molecule has 16 heavy (non-hydrogen) atoms. The Balaban J connectivity index is 2.68. The van der Waals surface area contributed by atoms with Crippen LogP contribution in [0.2, 0.25) is 0 Å². The first-order chi connectivity index (χ1) is 7.59. The molecule has 1 N–H and O–H groups in total. The van der Waals surface area contributed by atoms with Crippen molar-refractivity contribution < 1.29 is 13.0 Å². The third-order valence-corrected chi connectivity index (χ3v) is 2.72. The average Bonchev–Trinajstić information content (AvgIpc) is 2.29. The number of benzene rings is 1. The van der Waals surface area contributed by atoms with Gasteiger partial charge in [0.2, 0.25) is 5.03 Å². The van der Waals surface area contributed by atoms with Gasteiger partial charge in [-0.15, -0.1) is 10.2 Å². The summed E-state index contributed by atoms with van der Waals surface area (Å²) in [7, 11) is -4.40. The van der Waals surface area contributed by atoms with Gasteiger partial charge in [-0.1, -0.05) is 30.3 Å². The minimum absolute atomic E-state index is 0.220. The molecule has 7 heteroatoms. The summed E-state index contributed by atoms with van der Waals surface area (Å²) in [6, 6.07) is 8.65. The van der Waals surface area contributed by atoms with E-state index >= 15 is 0 Å². The molecule has 0 saturated heterocycles. The molecule has 0 amide bonds. The summed E-state index contributed by atoms with van der Waals surface area (Å²) in [4.78, 5) is 0. The summed E-state index contributed by atoms with van der Waals surface area (Å²) in [6.45, 7) is 0. The second-order valence-corrected chi connectivity index (χ2v) is 4.33. The van der Waals surface area contributed by atoms with E-state index in [0.29, 0.717) is 5.56 Å². The molecule has 0 unspecified atom stereocenters. The summed E-state index contributed by atoms with van der Waals surface area (Å²) in [5, 5.41) is 9.53. The van der Waals surface area contributed by atoms with Crippen molar-refractivity contribution in [1.82, 2.24) is 15.4 Å². The molecular weight excluding hydrogens is 230 g/mol. The molecule has 0 atom stereocenters. The molecule has 0 spiro atoms. The topological polar surface area (TPSA) is 93.0 Å². The van der Waals surface area contributed by atoms with Gasteiger partial charge in [0.05, 0.1) is 6.20 Å². The van der Waals surface area contributed by atoms with Crippen LogP contribution in [-0.2, 0) is 10.1 Å². The maximum Gasteiger partial charge on any atom is 0.314 e. The zero-order valence-electron chi connectivity index (χ0n) is 7.98. The van der Waals surface area contributed by atoms with Crippen LogP contribution in [-0.4, -0.2) is 28.4 Å². The smallest absolute Gasteiger partial charge is 0.281 e. The molecule has 1 aromatic heterocycles. The van der Waals surface area contributed by atoms with Gasteiger partial charge in [-0.3, -0.25) is 4.55 Å². The van der Waals surface area contributed by atoms with E-state index in [-0.39, 0.29) is 5.56 Å². The normalized spacial score (nSPS) is 11.3. The van der Waals surface area contributed by atoms with Crippen molar-refractivity contribution in [2.75, 3.05) is 0 Å². The Morgan fingerprint density at radius 3 is 2.44 bits per heavy atom. The molecule has 6 nitrogen and oxygen atoms in total. The van der Waals surface area contributed by atoms with Gasteiger partial charge in [-0.2, -0.15) is 8.42 Å². The SMILES string of the molecule is O=S(=O)(O)c1nnncc1-c1ccccc1. The van der Waals surface area contributed by atoms with E-state index in [1.807, 2.05) is 0 Å². The summed E-state index contributed by atoms with van der Waals surface area (Å²) in [6.07, 6.45) is 1.24. The lowest BCUT2D eigenvalue weighted by atomic mass is 10.1. The molecule has 0 aliphatic rings. The van der Waals surface area contributed by atoms with Crippen molar-refractivity contribution >= 4 is 10.1 Å². The quantitative estimate of drug-likeness (QED) is 0.776. The van der Waals surface area contributed by atoms with Crippen molar-refractivity contribution in [3.8, 4) is 11.1 Å². The molecule has 82 valence electrons. The van der Waals surface area contributed by atoms with E-state index < -0.39 is 15.1 Å². The van der Waals surface area contributed by atoms with E-state index in [1.54, 1.807) is 30.3 Å². The van der Waals surface area contributed by atoms with Gasteiger partial charge < -0.3 is 0 Å². The average molecular weight is 237 g/mol. The Bertz CT molecular complexity index is 598. The maximum absolute atomic E-state index is 11.1. The Morgan fingerprint density at radius 2 is 1.81 bits per heavy atom. The summed E-state index contributed by atoms with van der Waals surface area (Å²) < 4.78 is 31.1. The lowest BCUT2D eigenvalue weighted by Crippen LogP contribution is -2.06. The first-order valence-corrected chi connectivity index (χ1v) is 5.74. The van der Waals surface area contributed by atoms with E-state index in [2.05, 4.69) is 15.4 Å². The highest BCUT2D eigenvalue weighted by Crippen LogP contribution is 2.23. The zero-order valence-corrected chi connectivity index (χ0v) is 8.79. The number of rotatable bonds is 2. The number of nitrogens with zero attached hydrogens (tertiary/aromatic N) is 3. The molecule has 2 rings (SSSR count). The van der Waals surface area contributed by atoms with Crippen molar-refractivity contribution in [3.63, 3.8) is 0 Å². The minimum Gasteiger partial charge on any atom is -0.281 e. The van der Waals surface area contributed by atoms with Crippen molar-refractivity contribution in [3.05, 3.63) is 36.5 Å². The molecule has 0 radical (unpaired) electrons. The van der Waals surface area contributed by atoms with Gasteiger partial charge >= 0.3 is 10.1 Å². The van der Waals surface area contributed by atoms with Gasteiger partial charge in [0.15, 0.2) is 0 Å². The van der Waals surface area contributed by atoms with Crippen LogP contribution in [0.15, 0.2) is 41.6 Å². The molecule has 2 aromatic rings. The Labute approximate surface area is 91.7 Å². The van der Waals surface area contributed by atoms with Gasteiger partial charge in [-0.05, 0) is 10.8 Å². The molecular formula is C9H7N3O3S. The first kappa shape index (κ1) is 10.7. The first-order valence-electron chi connectivity index (χ1n) is 4.30. The van der Waals surface area contributed by atoms with Crippen LogP contribution in [0.25, 0.3) is 11.1 Å². The van der Waals surface area contributed by atoms with Crippen LogP contribution >= 0.6 is 0 Å². The predicted octanol–water partition coefficient (Wildman–Crippen LogP) is 0.785. The molecule has 0 bridgehead atoms. The third-order valence-electron chi connectivity index (χ3n) is 1.93. The fourth-order valence-electron chi connectivity index (χ4n) is 1.27. The largest absolute Gasteiger partial charge is 0.314 e. The fourth-order valence-corrected chi connectivity index (χ4v) is 1.85. The highest BCUT2D eigenvalue weighted by Gasteiger charge is 2.19. The standard InChI is InChI=1S/C9H7N3O3S/c13-16(14,15)9-8(6-10-12-11-9)7-4-2-1-3-5-7/h1-6H,(H,13,14,15). The van der Waals surface area contributed by atoms with E-state index in [1.165, 1.54) is 6.20 Å². The van der Waals surface area contributed by atoms with Gasteiger partial charge in [0, 0.05) is 5.56 Å². The van der Waals surface area contributed by atoms with Crippen molar-refractivity contribution in [2.24, 2.45) is 0 Å². The number of aromatic nitrogens is 3. The third kappa shape index (κ3) is 2.05. The summed E-state index contributed by atoms with van der Waals surface area (Å²) in [5.41, 5.74) is 0.815. The van der Waals surface area contributed by atoms with Crippen LogP contribution in [0.1, 0.15) is 0 Å². The summed E-state index contributed by atoms with van der Waals surface area (Å²) in [5.74, 6) is 0. The molecule has 1 heterocycles. The van der Waals surface area contributed by atoms with Crippen LogP contribution in [0.3, 0.4) is 0 Å². The van der Waals surface area contributed by atoms with Crippen molar-refractivity contribution in [2.45, 2.75) is 5.03 Å². The highest BCUT2D eigenvalue weighted by atomic mass is 32.2. The van der Waals surface area contributed by atoms with E-state index in [9.17, 15) is 8.42 Å². The van der Waals surface area contributed by atoms with Gasteiger partial charge in [-0.25, -0.2) is 0 Å².